The van der Waals surface area contributed by atoms with Crippen LogP contribution in [0.25, 0.3) is 0 Å². The Hall–Kier alpha value is -3.63. The summed E-state index contributed by atoms with van der Waals surface area (Å²) in [5.74, 6) is 1.00. The second-order valence-corrected chi connectivity index (χ2v) is 8.67. The van der Waals surface area contributed by atoms with Crippen molar-refractivity contribution in [1.82, 2.24) is 15.8 Å². The third-order valence-corrected chi connectivity index (χ3v) is 6.26. The van der Waals surface area contributed by atoms with Gasteiger partial charge < -0.3 is 19.1 Å². The number of ether oxygens (including phenoxy) is 3. The fourth-order valence-electron chi connectivity index (χ4n) is 3.20. The van der Waals surface area contributed by atoms with E-state index < -0.39 is 11.8 Å². The molecule has 1 saturated heterocycles. The van der Waals surface area contributed by atoms with E-state index in [1.807, 2.05) is 31.2 Å². The summed E-state index contributed by atoms with van der Waals surface area (Å²) >= 11 is 1.29. The lowest BCUT2D eigenvalue weighted by Gasteiger charge is -2.25. The maximum absolute atomic E-state index is 12.5. The van der Waals surface area contributed by atoms with E-state index in [1.54, 1.807) is 31.2 Å². The van der Waals surface area contributed by atoms with Crippen LogP contribution in [0.15, 0.2) is 48.5 Å². The van der Waals surface area contributed by atoms with Crippen LogP contribution in [0.5, 0.6) is 17.2 Å². The number of hydrogen-bond donors (Lipinski definition) is 2. The Balaban J connectivity index is 1.22. The Morgan fingerprint density at radius 3 is 2.26 bits per heavy atom. The smallest absolute Gasteiger partial charge is 0.281 e. The first kappa shape index (κ1) is 23.5. The number of morpholine rings is 1. The molecule has 0 spiro atoms. The zero-order valence-electron chi connectivity index (χ0n) is 19.0. The molecule has 1 aliphatic rings. The number of hydrogen-bond acceptors (Lipinski definition) is 8. The predicted molar refractivity (Wildman–Crippen MR) is 129 cm³/mol. The number of benzene rings is 2. The third-order valence-electron chi connectivity index (χ3n) is 5.04. The quantitative estimate of drug-likeness (QED) is 0.499. The van der Waals surface area contributed by atoms with Gasteiger partial charge in [0.1, 0.15) is 22.1 Å². The highest BCUT2D eigenvalue weighted by Gasteiger charge is 2.20. The van der Waals surface area contributed by atoms with Crippen LogP contribution in [0, 0.1) is 13.8 Å². The van der Waals surface area contributed by atoms with Crippen molar-refractivity contribution in [3.63, 3.8) is 0 Å². The minimum absolute atomic E-state index is 0.251. The fourth-order valence-corrected chi connectivity index (χ4v) is 4.21. The molecule has 2 amide bonds. The van der Waals surface area contributed by atoms with Crippen LogP contribution < -0.4 is 25.2 Å². The van der Waals surface area contributed by atoms with Crippen molar-refractivity contribution >= 4 is 28.3 Å². The van der Waals surface area contributed by atoms with Crippen molar-refractivity contribution in [2.75, 3.05) is 37.8 Å². The number of hydrazine groups is 1. The van der Waals surface area contributed by atoms with Crippen LogP contribution >= 0.6 is 11.3 Å². The van der Waals surface area contributed by atoms with E-state index in [2.05, 4.69) is 20.7 Å². The summed E-state index contributed by atoms with van der Waals surface area (Å²) in [5, 5.41) is 0.774. The molecule has 34 heavy (non-hydrogen) atoms. The second kappa shape index (κ2) is 11.0. The van der Waals surface area contributed by atoms with E-state index in [9.17, 15) is 9.59 Å². The molecule has 1 fully saturated rings. The number of carbonyl (C=O) groups is 2. The summed E-state index contributed by atoms with van der Waals surface area (Å²) in [7, 11) is 0. The van der Waals surface area contributed by atoms with Gasteiger partial charge in [0.25, 0.3) is 11.8 Å². The molecular weight excluding hydrogens is 456 g/mol. The summed E-state index contributed by atoms with van der Waals surface area (Å²) in [6.45, 7) is 6.28. The monoisotopic (exact) mass is 482 g/mol. The highest BCUT2D eigenvalue weighted by Crippen LogP contribution is 2.27. The summed E-state index contributed by atoms with van der Waals surface area (Å²) in [6.07, 6.45) is 0. The Bertz CT molecular complexity index is 1130. The number of amides is 2. The van der Waals surface area contributed by atoms with Gasteiger partial charge in [-0.1, -0.05) is 29.0 Å². The lowest BCUT2D eigenvalue weighted by Crippen LogP contribution is -2.43. The van der Waals surface area contributed by atoms with Crippen LogP contribution in [-0.2, 0) is 9.53 Å². The Labute approximate surface area is 201 Å². The van der Waals surface area contributed by atoms with Crippen LogP contribution in [0.3, 0.4) is 0 Å². The number of thiazole rings is 1. The zero-order chi connectivity index (χ0) is 23.9. The molecule has 3 aromatic rings. The molecule has 1 aliphatic heterocycles. The van der Waals surface area contributed by atoms with Gasteiger partial charge in [0, 0.05) is 13.1 Å². The standard InChI is InChI=1S/C24H26N4O5S/c1-16-3-5-19(6-4-16)33-20-9-7-18(8-10-20)32-15-21(29)26-27-23(30)22-17(2)25-24(34-22)28-11-13-31-14-12-28/h3-10H,11-15H2,1-2H3,(H,26,29)(H,27,30). The van der Waals surface area contributed by atoms with Crippen molar-refractivity contribution in [2.45, 2.75) is 13.8 Å². The Morgan fingerprint density at radius 2 is 1.59 bits per heavy atom. The Kier molecular flexibility index (Phi) is 7.61. The average molecular weight is 483 g/mol. The number of carbonyl (C=O) groups excluding carboxylic acids is 2. The summed E-state index contributed by atoms with van der Waals surface area (Å²) < 4.78 is 16.6. The molecule has 0 bridgehead atoms. The van der Waals surface area contributed by atoms with Gasteiger partial charge in [-0.25, -0.2) is 4.98 Å². The summed E-state index contributed by atoms with van der Waals surface area (Å²) in [4.78, 5) is 31.6. The predicted octanol–water partition coefficient (Wildman–Crippen LogP) is 3.23. The summed E-state index contributed by atoms with van der Waals surface area (Å²) in [5.41, 5.74) is 6.57. The number of rotatable bonds is 7. The number of aromatic nitrogens is 1. The lowest BCUT2D eigenvalue weighted by molar-refractivity contribution is -0.123. The van der Waals surface area contributed by atoms with E-state index in [0.29, 0.717) is 35.3 Å². The SMILES string of the molecule is Cc1ccc(Oc2ccc(OCC(=O)NNC(=O)c3sc(N4CCOCC4)nc3C)cc2)cc1. The number of aryl methyl sites for hydroxylation is 2. The fraction of sp³-hybridized carbons (Fsp3) is 0.292. The maximum atomic E-state index is 12.5. The van der Waals surface area contributed by atoms with Gasteiger partial charge in [0.15, 0.2) is 11.7 Å². The highest BCUT2D eigenvalue weighted by molar-refractivity contribution is 7.17. The molecule has 2 heterocycles. The molecule has 1 aromatic heterocycles. The molecule has 0 unspecified atom stereocenters. The van der Waals surface area contributed by atoms with Gasteiger partial charge in [-0.15, -0.1) is 0 Å². The van der Waals surface area contributed by atoms with Gasteiger partial charge in [-0.2, -0.15) is 0 Å². The lowest BCUT2D eigenvalue weighted by atomic mass is 10.2. The molecule has 0 radical (unpaired) electrons. The molecule has 2 N–H and O–H groups in total. The molecule has 0 saturated carbocycles. The first-order chi connectivity index (χ1) is 16.5. The van der Waals surface area contributed by atoms with Crippen LogP contribution in [-0.4, -0.2) is 49.7 Å². The number of nitrogens with one attached hydrogen (secondary N) is 2. The second-order valence-electron chi connectivity index (χ2n) is 7.69. The molecule has 0 aliphatic carbocycles. The maximum Gasteiger partial charge on any atom is 0.281 e. The van der Waals surface area contributed by atoms with Gasteiger partial charge in [-0.3, -0.25) is 20.4 Å². The molecule has 9 nitrogen and oxygen atoms in total. The van der Waals surface area contributed by atoms with Crippen molar-refractivity contribution in [1.29, 1.82) is 0 Å². The third kappa shape index (κ3) is 6.24. The van der Waals surface area contributed by atoms with Crippen molar-refractivity contribution < 1.29 is 23.8 Å². The van der Waals surface area contributed by atoms with Crippen LogP contribution in [0.1, 0.15) is 20.9 Å². The summed E-state index contributed by atoms with van der Waals surface area (Å²) in [6, 6.07) is 14.7. The first-order valence-electron chi connectivity index (χ1n) is 10.8. The molecule has 2 aromatic carbocycles. The number of nitrogens with zero attached hydrogens (tertiary/aromatic N) is 2. The van der Waals surface area contributed by atoms with Gasteiger partial charge in [0.05, 0.1) is 18.9 Å². The normalized spacial score (nSPS) is 13.3. The van der Waals surface area contributed by atoms with Gasteiger partial charge in [-0.05, 0) is 50.2 Å². The minimum atomic E-state index is -0.482. The first-order valence-corrected chi connectivity index (χ1v) is 11.7. The van der Waals surface area contributed by atoms with Crippen LogP contribution in [0.4, 0.5) is 5.13 Å². The zero-order valence-corrected chi connectivity index (χ0v) is 19.8. The largest absolute Gasteiger partial charge is 0.484 e. The van der Waals surface area contributed by atoms with Crippen molar-refractivity contribution in [2.24, 2.45) is 0 Å². The minimum Gasteiger partial charge on any atom is -0.484 e. The van der Waals surface area contributed by atoms with Crippen LogP contribution in [0.2, 0.25) is 0 Å². The molecule has 10 heteroatoms. The van der Waals surface area contributed by atoms with E-state index >= 15 is 0 Å². The average Bonchev–Trinajstić information content (AvgIpc) is 3.26. The van der Waals surface area contributed by atoms with E-state index in [0.717, 1.165) is 29.5 Å². The van der Waals surface area contributed by atoms with E-state index in [1.165, 1.54) is 11.3 Å². The van der Waals surface area contributed by atoms with Gasteiger partial charge in [0.2, 0.25) is 0 Å². The molecule has 0 atom stereocenters. The molecule has 4 rings (SSSR count). The van der Waals surface area contributed by atoms with E-state index in [4.69, 9.17) is 14.2 Å². The number of anilines is 1. The van der Waals surface area contributed by atoms with Crippen molar-refractivity contribution in [3.8, 4) is 17.2 Å². The Morgan fingerprint density at radius 1 is 0.971 bits per heavy atom. The topological polar surface area (TPSA) is 102 Å². The van der Waals surface area contributed by atoms with Gasteiger partial charge >= 0.3 is 0 Å². The highest BCUT2D eigenvalue weighted by atomic mass is 32.1. The van der Waals surface area contributed by atoms with E-state index in [-0.39, 0.29) is 6.61 Å². The van der Waals surface area contributed by atoms with Crippen molar-refractivity contribution in [3.05, 3.63) is 64.7 Å². The molecule has 178 valence electrons. The molecular formula is C24H26N4O5S.